The summed E-state index contributed by atoms with van der Waals surface area (Å²) >= 11 is 0. The summed E-state index contributed by atoms with van der Waals surface area (Å²) in [5.74, 6) is -1.25. The monoisotopic (exact) mass is 274 g/mol. The van der Waals surface area contributed by atoms with E-state index in [1.807, 2.05) is 13.0 Å². The Morgan fingerprint density at radius 1 is 1.30 bits per heavy atom. The lowest BCUT2D eigenvalue weighted by Gasteiger charge is -2.31. The second-order valence-electron chi connectivity index (χ2n) is 5.14. The molecule has 20 heavy (non-hydrogen) atoms. The summed E-state index contributed by atoms with van der Waals surface area (Å²) in [4.78, 5) is 36.6. The number of rotatable bonds is 1. The maximum absolute atomic E-state index is 12.4. The van der Waals surface area contributed by atoms with Crippen molar-refractivity contribution in [3.8, 4) is 0 Å². The van der Waals surface area contributed by atoms with Crippen molar-refractivity contribution in [1.82, 2.24) is 10.2 Å². The van der Waals surface area contributed by atoms with Crippen molar-refractivity contribution in [3.63, 3.8) is 0 Å². The number of carbonyl (C=O) groups is 3. The minimum Gasteiger partial charge on any atom is -0.369 e. The van der Waals surface area contributed by atoms with Gasteiger partial charge in [-0.25, -0.2) is 0 Å². The molecule has 3 rings (SSSR count). The van der Waals surface area contributed by atoms with Gasteiger partial charge in [0.15, 0.2) is 6.23 Å². The molecule has 1 aromatic rings. The van der Waals surface area contributed by atoms with Crippen LogP contribution in [0.2, 0.25) is 0 Å². The van der Waals surface area contributed by atoms with Crippen LogP contribution < -0.4 is 5.32 Å². The molecule has 1 unspecified atom stereocenters. The molecular formula is C14H14N2O4. The quantitative estimate of drug-likeness (QED) is 0.719. The van der Waals surface area contributed by atoms with Crippen molar-refractivity contribution in [3.05, 3.63) is 34.9 Å². The van der Waals surface area contributed by atoms with Crippen LogP contribution in [0.1, 0.15) is 40.6 Å². The Bertz CT molecular complexity index is 626. The molecule has 2 aliphatic rings. The smallest absolute Gasteiger partial charge is 0.257 e. The molecule has 3 amide bonds. The van der Waals surface area contributed by atoms with Crippen LogP contribution in [0.25, 0.3) is 0 Å². The van der Waals surface area contributed by atoms with Crippen LogP contribution in [0.5, 0.6) is 0 Å². The van der Waals surface area contributed by atoms with Gasteiger partial charge in [-0.15, -0.1) is 0 Å². The molecule has 0 aliphatic carbocycles. The van der Waals surface area contributed by atoms with E-state index in [0.717, 1.165) is 10.5 Å². The highest BCUT2D eigenvalue weighted by Gasteiger charge is 2.44. The fourth-order valence-corrected chi connectivity index (χ4v) is 2.74. The first-order valence-corrected chi connectivity index (χ1v) is 6.44. The highest BCUT2D eigenvalue weighted by Crippen LogP contribution is 2.35. The third-order valence-electron chi connectivity index (χ3n) is 3.76. The van der Waals surface area contributed by atoms with Crippen LogP contribution in [0.4, 0.5) is 0 Å². The predicted molar refractivity (Wildman–Crippen MR) is 68.5 cm³/mol. The van der Waals surface area contributed by atoms with Crippen molar-refractivity contribution in [2.75, 3.05) is 0 Å². The topological polar surface area (TPSA) is 86.7 Å². The molecule has 6 heteroatoms. The lowest BCUT2D eigenvalue weighted by atomic mass is 10.0. The fourth-order valence-electron chi connectivity index (χ4n) is 2.74. The van der Waals surface area contributed by atoms with Crippen molar-refractivity contribution >= 4 is 17.7 Å². The average Bonchev–Trinajstić information content (AvgIpc) is 2.63. The highest BCUT2D eigenvalue weighted by molar-refractivity contribution is 6.05. The molecule has 0 saturated carbocycles. The Labute approximate surface area is 115 Å². The molecule has 1 aromatic carbocycles. The van der Waals surface area contributed by atoms with E-state index >= 15 is 0 Å². The van der Waals surface area contributed by atoms with E-state index in [4.69, 9.17) is 0 Å². The molecule has 2 N–H and O–H groups in total. The summed E-state index contributed by atoms with van der Waals surface area (Å²) in [6.07, 6.45) is -0.732. The van der Waals surface area contributed by atoms with Gasteiger partial charge < -0.3 is 5.11 Å². The third-order valence-corrected chi connectivity index (χ3v) is 3.76. The number of hydrogen-bond acceptors (Lipinski definition) is 4. The van der Waals surface area contributed by atoms with Gasteiger partial charge in [0.2, 0.25) is 11.8 Å². The Morgan fingerprint density at radius 3 is 2.75 bits per heavy atom. The van der Waals surface area contributed by atoms with Crippen LogP contribution in [-0.2, 0) is 9.59 Å². The van der Waals surface area contributed by atoms with Gasteiger partial charge in [-0.05, 0) is 19.4 Å². The molecule has 2 atom stereocenters. The normalized spacial score (nSPS) is 25.7. The third kappa shape index (κ3) is 1.80. The van der Waals surface area contributed by atoms with E-state index in [1.165, 1.54) is 0 Å². The fraction of sp³-hybridized carbons (Fsp3) is 0.357. The zero-order chi connectivity index (χ0) is 14.4. The average molecular weight is 274 g/mol. The number of aryl methyl sites for hydroxylation is 1. The second-order valence-corrected chi connectivity index (χ2v) is 5.14. The highest BCUT2D eigenvalue weighted by atomic mass is 16.3. The van der Waals surface area contributed by atoms with E-state index in [-0.39, 0.29) is 24.7 Å². The van der Waals surface area contributed by atoms with Gasteiger partial charge in [0.05, 0.1) is 0 Å². The lowest BCUT2D eigenvalue weighted by Crippen LogP contribution is -2.53. The number of nitrogens with zero attached hydrogens (tertiary/aromatic N) is 1. The number of fused-ring (bicyclic) bond motifs is 1. The molecular weight excluding hydrogens is 260 g/mol. The maximum Gasteiger partial charge on any atom is 0.257 e. The molecule has 0 radical (unpaired) electrons. The van der Waals surface area contributed by atoms with Gasteiger partial charge in [0.1, 0.15) is 6.04 Å². The summed E-state index contributed by atoms with van der Waals surface area (Å²) in [7, 11) is 0. The van der Waals surface area contributed by atoms with Gasteiger partial charge in [-0.3, -0.25) is 24.6 Å². The number of amides is 3. The van der Waals surface area contributed by atoms with Gasteiger partial charge in [-0.2, -0.15) is 0 Å². The molecule has 2 heterocycles. The van der Waals surface area contributed by atoms with E-state index in [0.29, 0.717) is 11.1 Å². The molecule has 104 valence electrons. The van der Waals surface area contributed by atoms with Crippen LogP contribution in [0.3, 0.4) is 0 Å². The van der Waals surface area contributed by atoms with E-state index in [9.17, 15) is 19.5 Å². The maximum atomic E-state index is 12.4. The molecule has 0 spiro atoms. The number of piperidine rings is 1. The first-order chi connectivity index (χ1) is 9.49. The van der Waals surface area contributed by atoms with E-state index in [1.54, 1.807) is 12.1 Å². The molecule has 2 aliphatic heterocycles. The minimum atomic E-state index is -1.14. The molecule has 0 bridgehead atoms. The van der Waals surface area contributed by atoms with E-state index < -0.39 is 18.2 Å². The van der Waals surface area contributed by atoms with Crippen LogP contribution in [0.15, 0.2) is 18.2 Å². The first kappa shape index (κ1) is 12.8. The van der Waals surface area contributed by atoms with Crippen molar-refractivity contribution in [2.24, 2.45) is 0 Å². The largest absolute Gasteiger partial charge is 0.369 e. The number of hydrogen-bond donors (Lipinski definition) is 2. The van der Waals surface area contributed by atoms with Gasteiger partial charge in [-0.1, -0.05) is 17.7 Å². The Hall–Kier alpha value is -2.21. The summed E-state index contributed by atoms with van der Waals surface area (Å²) in [6.45, 7) is 1.86. The summed E-state index contributed by atoms with van der Waals surface area (Å²) in [5.41, 5.74) is 1.84. The Kier molecular flexibility index (Phi) is 2.83. The molecule has 0 aromatic heterocycles. The van der Waals surface area contributed by atoms with Crippen molar-refractivity contribution in [1.29, 1.82) is 0 Å². The SMILES string of the molecule is Cc1ccc2c(c1)C(=O)N([C@@H]1CCC(=O)NC1=O)C2O. The van der Waals surface area contributed by atoms with Crippen molar-refractivity contribution < 1.29 is 19.5 Å². The zero-order valence-electron chi connectivity index (χ0n) is 10.9. The number of benzene rings is 1. The van der Waals surface area contributed by atoms with Crippen molar-refractivity contribution in [2.45, 2.75) is 32.0 Å². The predicted octanol–water partition coefficient (Wildman–Crippen LogP) is 0.247. The van der Waals surface area contributed by atoms with Crippen LogP contribution >= 0.6 is 0 Å². The zero-order valence-corrected chi connectivity index (χ0v) is 10.9. The minimum absolute atomic E-state index is 0.169. The standard InChI is InChI=1S/C14H14N2O4/c1-7-2-3-8-9(6-7)14(20)16(13(8)19)10-4-5-11(17)15-12(10)18/h2-3,6,10,13,19H,4-5H2,1H3,(H,15,17,18)/t10-,13?/m1/s1. The number of carbonyl (C=O) groups excluding carboxylic acids is 3. The van der Waals surface area contributed by atoms with Gasteiger partial charge >= 0.3 is 0 Å². The molecule has 1 saturated heterocycles. The van der Waals surface area contributed by atoms with Gasteiger partial charge in [0, 0.05) is 17.5 Å². The van der Waals surface area contributed by atoms with Crippen LogP contribution in [-0.4, -0.2) is 33.8 Å². The molecule has 1 fully saturated rings. The summed E-state index contributed by atoms with van der Waals surface area (Å²) < 4.78 is 0. The summed E-state index contributed by atoms with van der Waals surface area (Å²) in [6, 6.07) is 4.40. The first-order valence-electron chi connectivity index (χ1n) is 6.44. The number of aliphatic hydroxyl groups excluding tert-OH is 1. The number of aliphatic hydroxyl groups is 1. The second kappa shape index (κ2) is 4.42. The number of nitrogens with one attached hydrogen (secondary N) is 1. The molecule has 6 nitrogen and oxygen atoms in total. The van der Waals surface area contributed by atoms with E-state index in [2.05, 4.69) is 5.32 Å². The summed E-state index contributed by atoms with van der Waals surface area (Å²) in [5, 5.41) is 12.5. The Morgan fingerprint density at radius 2 is 2.05 bits per heavy atom. The van der Waals surface area contributed by atoms with Gasteiger partial charge in [0.25, 0.3) is 5.91 Å². The van der Waals surface area contributed by atoms with Crippen LogP contribution in [0, 0.1) is 6.92 Å². The Balaban J connectivity index is 1.95. The number of imide groups is 1. The lowest BCUT2D eigenvalue weighted by molar-refractivity contribution is -0.139.